The van der Waals surface area contributed by atoms with Crippen molar-refractivity contribution in [1.29, 1.82) is 0 Å². The van der Waals surface area contributed by atoms with E-state index in [-0.39, 0.29) is 0 Å². The van der Waals surface area contributed by atoms with Crippen molar-refractivity contribution in [1.82, 2.24) is 4.90 Å². The van der Waals surface area contributed by atoms with E-state index in [1.807, 2.05) is 11.8 Å². The molecule has 0 spiro atoms. The van der Waals surface area contributed by atoms with Gasteiger partial charge in [-0.05, 0) is 12.6 Å². The summed E-state index contributed by atoms with van der Waals surface area (Å²) >= 11 is 3.33. The second-order valence-electron chi connectivity index (χ2n) is 3.27. The first-order valence-corrected chi connectivity index (χ1v) is 6.02. The Morgan fingerprint density at radius 3 is 2.67 bits per heavy atom. The van der Waals surface area contributed by atoms with E-state index in [9.17, 15) is 8.78 Å². The molecule has 0 aliphatic carbocycles. The van der Waals surface area contributed by atoms with Crippen LogP contribution in [0.1, 0.15) is 12.5 Å². The fourth-order valence-electron chi connectivity index (χ4n) is 1.38. The minimum Gasteiger partial charge on any atom is -0.298 e. The molecule has 0 amide bonds. The SMILES string of the molecule is CCN(CCBr)Cc1cccc(F)c1F. The molecule has 1 rings (SSSR count). The van der Waals surface area contributed by atoms with E-state index in [0.29, 0.717) is 12.1 Å². The fourth-order valence-corrected chi connectivity index (χ4v) is 1.88. The molecule has 1 aromatic rings. The lowest BCUT2D eigenvalue weighted by Gasteiger charge is -2.19. The summed E-state index contributed by atoms with van der Waals surface area (Å²) in [7, 11) is 0. The second kappa shape index (κ2) is 6.18. The van der Waals surface area contributed by atoms with Gasteiger partial charge in [-0.1, -0.05) is 35.0 Å². The first kappa shape index (κ1) is 12.6. The van der Waals surface area contributed by atoms with Crippen LogP contribution in [0.15, 0.2) is 18.2 Å². The molecular formula is C11H14BrF2N. The monoisotopic (exact) mass is 277 g/mol. The van der Waals surface area contributed by atoms with Gasteiger partial charge in [0.15, 0.2) is 11.6 Å². The zero-order valence-electron chi connectivity index (χ0n) is 8.64. The molecule has 0 heterocycles. The zero-order valence-corrected chi connectivity index (χ0v) is 10.2. The summed E-state index contributed by atoms with van der Waals surface area (Å²) in [6, 6.07) is 4.30. The molecule has 4 heteroatoms. The van der Waals surface area contributed by atoms with Gasteiger partial charge in [-0.15, -0.1) is 0 Å². The van der Waals surface area contributed by atoms with Gasteiger partial charge in [0.1, 0.15) is 0 Å². The van der Waals surface area contributed by atoms with Crippen molar-refractivity contribution < 1.29 is 8.78 Å². The number of rotatable bonds is 5. The van der Waals surface area contributed by atoms with Gasteiger partial charge < -0.3 is 0 Å². The maximum absolute atomic E-state index is 13.3. The summed E-state index contributed by atoms with van der Waals surface area (Å²) in [5.74, 6) is -1.51. The summed E-state index contributed by atoms with van der Waals surface area (Å²) in [6.07, 6.45) is 0. The van der Waals surface area contributed by atoms with Crippen LogP contribution in [0.2, 0.25) is 0 Å². The van der Waals surface area contributed by atoms with Gasteiger partial charge in [0.2, 0.25) is 0 Å². The molecule has 0 unspecified atom stereocenters. The summed E-state index contributed by atoms with van der Waals surface area (Å²) in [5.41, 5.74) is 0.415. The lowest BCUT2D eigenvalue weighted by atomic mass is 10.2. The Balaban J connectivity index is 2.74. The maximum Gasteiger partial charge on any atom is 0.163 e. The molecule has 0 bridgehead atoms. The molecule has 0 aliphatic rings. The van der Waals surface area contributed by atoms with Crippen LogP contribution in [0.5, 0.6) is 0 Å². The normalized spacial score (nSPS) is 11.0. The molecule has 0 atom stereocenters. The molecule has 0 fully saturated rings. The Morgan fingerprint density at radius 1 is 1.33 bits per heavy atom. The highest BCUT2D eigenvalue weighted by atomic mass is 79.9. The van der Waals surface area contributed by atoms with Crippen LogP contribution < -0.4 is 0 Å². The molecular weight excluding hydrogens is 264 g/mol. The molecule has 0 saturated carbocycles. The number of hydrogen-bond acceptors (Lipinski definition) is 1. The predicted octanol–water partition coefficient (Wildman–Crippen LogP) is 3.18. The Hall–Kier alpha value is -0.480. The van der Waals surface area contributed by atoms with E-state index in [1.54, 1.807) is 6.07 Å². The number of benzene rings is 1. The first-order valence-electron chi connectivity index (χ1n) is 4.90. The van der Waals surface area contributed by atoms with Crippen molar-refractivity contribution in [2.24, 2.45) is 0 Å². The topological polar surface area (TPSA) is 3.24 Å². The molecule has 0 aliphatic heterocycles. The Morgan fingerprint density at radius 2 is 2.07 bits per heavy atom. The van der Waals surface area contributed by atoms with Crippen molar-refractivity contribution in [3.05, 3.63) is 35.4 Å². The van der Waals surface area contributed by atoms with Gasteiger partial charge in [-0.2, -0.15) is 0 Å². The van der Waals surface area contributed by atoms with E-state index in [1.165, 1.54) is 6.07 Å². The number of hydrogen-bond donors (Lipinski definition) is 0. The van der Waals surface area contributed by atoms with E-state index in [2.05, 4.69) is 15.9 Å². The molecule has 1 aromatic carbocycles. The highest BCUT2D eigenvalue weighted by Gasteiger charge is 2.10. The zero-order chi connectivity index (χ0) is 11.3. The van der Waals surface area contributed by atoms with E-state index in [4.69, 9.17) is 0 Å². The lowest BCUT2D eigenvalue weighted by molar-refractivity contribution is 0.292. The van der Waals surface area contributed by atoms with Crippen LogP contribution in [0.3, 0.4) is 0 Å². The Labute approximate surface area is 97.2 Å². The number of alkyl halides is 1. The summed E-state index contributed by atoms with van der Waals surface area (Å²) in [6.45, 7) is 4.10. The molecule has 84 valence electrons. The highest BCUT2D eigenvalue weighted by molar-refractivity contribution is 9.09. The molecule has 0 saturated heterocycles. The average molecular weight is 278 g/mol. The predicted molar refractivity (Wildman–Crippen MR) is 61.1 cm³/mol. The maximum atomic E-state index is 13.3. The van der Waals surface area contributed by atoms with Gasteiger partial charge in [0.05, 0.1) is 0 Å². The molecule has 0 N–H and O–H groups in total. The largest absolute Gasteiger partial charge is 0.298 e. The summed E-state index contributed by atoms with van der Waals surface area (Å²) in [5, 5.41) is 0.831. The molecule has 1 nitrogen and oxygen atoms in total. The van der Waals surface area contributed by atoms with Crippen molar-refractivity contribution in [2.75, 3.05) is 18.4 Å². The van der Waals surface area contributed by atoms with Gasteiger partial charge in [0, 0.05) is 24.0 Å². The standard InChI is InChI=1S/C11H14BrF2N/c1-2-15(7-6-12)8-9-4-3-5-10(13)11(9)14/h3-5H,2,6-8H2,1H3. The third-order valence-corrected chi connectivity index (χ3v) is 2.63. The second-order valence-corrected chi connectivity index (χ2v) is 4.06. The fraction of sp³-hybridized carbons (Fsp3) is 0.455. The first-order chi connectivity index (χ1) is 7.19. The van der Waals surface area contributed by atoms with Crippen molar-refractivity contribution in [3.63, 3.8) is 0 Å². The molecule has 15 heavy (non-hydrogen) atoms. The summed E-state index contributed by atoms with van der Waals surface area (Å²) in [4.78, 5) is 2.05. The third kappa shape index (κ3) is 3.54. The van der Waals surface area contributed by atoms with Crippen LogP contribution in [0.4, 0.5) is 8.78 Å². The van der Waals surface area contributed by atoms with Crippen molar-refractivity contribution in [3.8, 4) is 0 Å². The third-order valence-electron chi connectivity index (χ3n) is 2.27. The highest BCUT2D eigenvalue weighted by Crippen LogP contribution is 2.13. The van der Waals surface area contributed by atoms with Gasteiger partial charge in [-0.25, -0.2) is 8.78 Å². The van der Waals surface area contributed by atoms with Crippen LogP contribution >= 0.6 is 15.9 Å². The van der Waals surface area contributed by atoms with Crippen molar-refractivity contribution >= 4 is 15.9 Å². The molecule has 0 radical (unpaired) electrons. The van der Waals surface area contributed by atoms with Crippen LogP contribution in [0, 0.1) is 11.6 Å². The quantitative estimate of drug-likeness (QED) is 0.748. The number of nitrogens with zero attached hydrogens (tertiary/aromatic N) is 1. The minimum atomic E-state index is -0.776. The smallest absolute Gasteiger partial charge is 0.163 e. The number of halogens is 3. The van der Waals surface area contributed by atoms with Gasteiger partial charge >= 0.3 is 0 Å². The van der Waals surface area contributed by atoms with Gasteiger partial charge in [-0.3, -0.25) is 4.90 Å². The Bertz CT molecular complexity index is 317. The van der Waals surface area contributed by atoms with E-state index >= 15 is 0 Å². The Kier molecular flexibility index (Phi) is 5.19. The van der Waals surface area contributed by atoms with Gasteiger partial charge in [0.25, 0.3) is 0 Å². The van der Waals surface area contributed by atoms with Crippen LogP contribution in [0.25, 0.3) is 0 Å². The van der Waals surface area contributed by atoms with E-state index in [0.717, 1.165) is 24.5 Å². The minimum absolute atomic E-state index is 0.415. The average Bonchev–Trinajstić information content (AvgIpc) is 2.24. The van der Waals surface area contributed by atoms with Crippen LogP contribution in [-0.2, 0) is 6.54 Å². The van der Waals surface area contributed by atoms with Crippen molar-refractivity contribution in [2.45, 2.75) is 13.5 Å². The lowest BCUT2D eigenvalue weighted by Crippen LogP contribution is -2.25. The van der Waals surface area contributed by atoms with Crippen LogP contribution in [-0.4, -0.2) is 23.3 Å². The summed E-state index contributed by atoms with van der Waals surface area (Å²) < 4.78 is 26.2. The molecule has 0 aromatic heterocycles. The van der Waals surface area contributed by atoms with E-state index < -0.39 is 11.6 Å².